The largest absolute Gasteiger partial charge is 0.457 e. The van der Waals surface area contributed by atoms with E-state index in [4.69, 9.17) is 34.4 Å². The Kier molecular flexibility index (Phi) is 16.5. The molecule has 0 unspecified atom stereocenters. The fourth-order valence-corrected chi connectivity index (χ4v) is 15.2. The lowest BCUT2D eigenvalue weighted by molar-refractivity contribution is 0.0464. The third-order valence-electron chi connectivity index (χ3n) is 20.4. The van der Waals surface area contributed by atoms with Gasteiger partial charge in [-0.15, -0.1) is 0 Å². The Bertz CT molecular complexity index is 6120. The summed E-state index contributed by atoms with van der Waals surface area (Å²) in [5, 5.41) is 1.40. The Balaban J connectivity index is 0.743. The molecule has 0 spiro atoms. The van der Waals surface area contributed by atoms with Crippen molar-refractivity contribution in [3.05, 3.63) is 380 Å². The van der Waals surface area contributed by atoms with Crippen LogP contribution in [0, 0.1) is 0 Å². The molecule has 17 aromatic rings. The van der Waals surface area contributed by atoms with Gasteiger partial charge in [0.1, 0.15) is 13.2 Å². The minimum absolute atomic E-state index is 0.0449. The SMILES string of the molecule is O=C(OCc1ccccc1)c1ccc2c(c1)c1cc(C(=O)OCc3ccccc3)ccc1n2-c1ccc(-c2nc(-c3ccccc3)nc(-c3ccccc3)n2)cc1-c1nc(-c2ccccc2)cc(-c2ccc(-c3ccc(N4c5ccccc5B5c6ccccc6N(c6ccccc6)c6cccc4c65)cc3)cc2)n1. The van der Waals surface area contributed by atoms with Gasteiger partial charge in [-0.3, -0.25) is 0 Å². The maximum Gasteiger partial charge on any atom is 0.338 e. The number of benzene rings is 14. The first-order valence-corrected chi connectivity index (χ1v) is 36.0. The predicted octanol–water partition coefficient (Wildman–Crippen LogP) is 20.2. The van der Waals surface area contributed by atoms with E-state index in [2.05, 4.69) is 184 Å². The van der Waals surface area contributed by atoms with Gasteiger partial charge in [0.2, 0.25) is 0 Å². The van der Waals surface area contributed by atoms with Gasteiger partial charge in [0.15, 0.2) is 23.3 Å². The second kappa shape index (κ2) is 27.6. The van der Waals surface area contributed by atoms with E-state index >= 15 is 0 Å². The van der Waals surface area contributed by atoms with Crippen molar-refractivity contribution >= 4 is 91.0 Å². The topological polar surface area (TPSA) is 128 Å². The van der Waals surface area contributed by atoms with Crippen molar-refractivity contribution in [3.63, 3.8) is 0 Å². The van der Waals surface area contributed by atoms with Gasteiger partial charge < -0.3 is 23.8 Å². The fraction of sp³-hybridized carbons (Fsp3) is 0.0211. The number of para-hydroxylation sites is 3. The molecule has 2 aliphatic rings. The van der Waals surface area contributed by atoms with Crippen molar-refractivity contribution in [3.8, 4) is 84.9 Å². The molecule has 13 heteroatoms. The van der Waals surface area contributed by atoms with Crippen LogP contribution in [0.3, 0.4) is 0 Å². The number of fused-ring (bicyclic) bond motifs is 7. The summed E-state index contributed by atoms with van der Waals surface area (Å²) in [6.07, 6.45) is 0. The first kappa shape index (κ1) is 64.4. The van der Waals surface area contributed by atoms with Gasteiger partial charge in [0.25, 0.3) is 6.71 Å². The average molecular weight is 1390 g/mol. The van der Waals surface area contributed by atoms with Gasteiger partial charge >= 0.3 is 11.9 Å². The zero-order chi connectivity index (χ0) is 72.0. The van der Waals surface area contributed by atoms with Crippen LogP contribution in [0.4, 0.5) is 34.1 Å². The molecule has 0 N–H and O–H groups in total. The predicted molar refractivity (Wildman–Crippen MR) is 433 cm³/mol. The number of aromatic nitrogens is 6. The number of hydrogen-bond donors (Lipinski definition) is 0. The van der Waals surface area contributed by atoms with Crippen LogP contribution < -0.4 is 26.2 Å². The summed E-state index contributed by atoms with van der Waals surface area (Å²) in [6.45, 7) is 0.228. The summed E-state index contributed by atoms with van der Waals surface area (Å²) >= 11 is 0. The Morgan fingerprint density at radius 3 is 1.19 bits per heavy atom. The molecule has 0 saturated heterocycles. The van der Waals surface area contributed by atoms with Gasteiger partial charge in [0.05, 0.1) is 39.2 Å². The van der Waals surface area contributed by atoms with Crippen LogP contribution in [-0.2, 0) is 22.7 Å². The molecular weight excluding hydrogens is 1330 g/mol. The normalized spacial score (nSPS) is 12.0. The van der Waals surface area contributed by atoms with E-state index in [0.717, 1.165) is 78.3 Å². The summed E-state index contributed by atoms with van der Waals surface area (Å²) in [5.74, 6) is 0.894. The number of hydrogen-bond acceptors (Lipinski definition) is 11. The Labute approximate surface area is 623 Å². The second-order valence-corrected chi connectivity index (χ2v) is 26.9. The van der Waals surface area contributed by atoms with Crippen molar-refractivity contribution in [2.75, 3.05) is 9.80 Å². The molecule has 19 rings (SSSR count). The molecule has 0 fully saturated rings. The van der Waals surface area contributed by atoms with Crippen molar-refractivity contribution in [1.29, 1.82) is 0 Å². The molecule has 0 radical (unpaired) electrons. The molecule has 12 nitrogen and oxygen atoms in total. The highest BCUT2D eigenvalue weighted by molar-refractivity contribution is 7.00. The lowest BCUT2D eigenvalue weighted by atomic mass is 9.33. The lowest BCUT2D eigenvalue weighted by Crippen LogP contribution is -2.61. The molecule has 14 aromatic carbocycles. The number of esters is 2. The molecule has 0 saturated carbocycles. The molecule has 0 bridgehead atoms. The minimum atomic E-state index is -0.492. The number of carbonyl (C=O) groups excluding carboxylic acids is 2. The van der Waals surface area contributed by atoms with Crippen LogP contribution in [0.15, 0.2) is 358 Å². The summed E-state index contributed by atoms with van der Waals surface area (Å²) in [4.78, 5) is 59.9. The monoisotopic (exact) mass is 1390 g/mol. The molecule has 0 aliphatic carbocycles. The average Bonchev–Trinajstić information content (AvgIpc) is 0.925. The molecule has 2 aliphatic heterocycles. The Hall–Kier alpha value is -14.4. The molecule has 3 aromatic heterocycles. The number of carbonyl (C=O) groups is 2. The van der Waals surface area contributed by atoms with Gasteiger partial charge in [0, 0.05) is 78.3 Å². The van der Waals surface area contributed by atoms with Crippen LogP contribution in [0.25, 0.3) is 107 Å². The molecule has 510 valence electrons. The molecule has 108 heavy (non-hydrogen) atoms. The van der Waals surface area contributed by atoms with Crippen molar-refractivity contribution in [2.45, 2.75) is 13.2 Å². The van der Waals surface area contributed by atoms with E-state index in [9.17, 15) is 9.59 Å². The van der Waals surface area contributed by atoms with Gasteiger partial charge in [-0.2, -0.15) is 0 Å². The van der Waals surface area contributed by atoms with Crippen molar-refractivity contribution in [1.82, 2.24) is 29.5 Å². The molecule has 5 heterocycles. The number of ether oxygens (including phenoxy) is 2. The first-order valence-electron chi connectivity index (χ1n) is 36.0. The van der Waals surface area contributed by atoms with E-state index in [1.165, 1.54) is 27.8 Å². The maximum absolute atomic E-state index is 14.2. The standard InChI is InChI=1S/C95H63BN8O4/c105-94(107-60-62-24-7-1-8-25-62)71-49-54-82-75(57-71)76-58-72(95(106)108-61-63-26-9-2-10-27-63)50-55-83(76)104(82)84-53-48-70(92-100-90(68-30-13-4-14-31-68)99-91(101-92)69-32-15-5-16-33-69)56-77(84)93-97-80(66-28-11-3-12-29-66)59-81(98-93)67-44-42-64(43-45-67)65-46-51-74(52-47-65)103-86-39-22-20-37-79(86)96-78-36-19-21-38-85(78)102(73-34-17-6-18-35-73)87-40-23-41-88(103)89(87)96/h1-59H,60-61H2. The van der Waals surface area contributed by atoms with E-state index in [1.807, 2.05) is 176 Å². The van der Waals surface area contributed by atoms with Crippen LogP contribution in [0.2, 0.25) is 0 Å². The highest BCUT2D eigenvalue weighted by Crippen LogP contribution is 2.46. The molecular formula is C95H63BN8O4. The highest BCUT2D eigenvalue weighted by Gasteiger charge is 2.43. The summed E-state index contributed by atoms with van der Waals surface area (Å²) < 4.78 is 14.0. The van der Waals surface area contributed by atoms with Crippen LogP contribution in [0.5, 0.6) is 0 Å². The Morgan fingerprint density at radius 1 is 0.296 bits per heavy atom. The quantitative estimate of drug-likeness (QED) is 0.0677. The fourth-order valence-electron chi connectivity index (χ4n) is 15.2. The van der Waals surface area contributed by atoms with E-state index in [0.29, 0.717) is 73.4 Å². The summed E-state index contributed by atoms with van der Waals surface area (Å²) in [6, 6.07) is 121. The van der Waals surface area contributed by atoms with Crippen LogP contribution in [0.1, 0.15) is 31.8 Å². The summed E-state index contributed by atoms with van der Waals surface area (Å²) in [7, 11) is 0. The first-order chi connectivity index (χ1) is 53.4. The Morgan fingerprint density at radius 2 is 0.685 bits per heavy atom. The number of rotatable bonds is 16. The highest BCUT2D eigenvalue weighted by atomic mass is 16.5. The molecule has 0 atom stereocenters. The van der Waals surface area contributed by atoms with Crippen molar-refractivity contribution < 1.29 is 19.1 Å². The van der Waals surface area contributed by atoms with E-state index in [-0.39, 0.29) is 19.9 Å². The summed E-state index contributed by atoms with van der Waals surface area (Å²) in [5.41, 5.74) is 23.5. The number of anilines is 6. The zero-order valence-corrected chi connectivity index (χ0v) is 58.3. The minimum Gasteiger partial charge on any atom is -0.457 e. The van der Waals surface area contributed by atoms with Gasteiger partial charge in [-0.05, 0) is 148 Å². The lowest BCUT2D eigenvalue weighted by Gasteiger charge is -2.44. The van der Waals surface area contributed by atoms with Crippen molar-refractivity contribution in [2.24, 2.45) is 0 Å². The third kappa shape index (κ3) is 12.0. The van der Waals surface area contributed by atoms with E-state index < -0.39 is 11.9 Å². The van der Waals surface area contributed by atoms with Crippen LogP contribution >= 0.6 is 0 Å². The van der Waals surface area contributed by atoms with Gasteiger partial charge in [-0.1, -0.05) is 249 Å². The third-order valence-corrected chi connectivity index (χ3v) is 20.4. The van der Waals surface area contributed by atoms with Crippen LogP contribution in [-0.4, -0.2) is 48.1 Å². The maximum atomic E-state index is 14.2. The number of nitrogens with zero attached hydrogens (tertiary/aromatic N) is 8. The van der Waals surface area contributed by atoms with Gasteiger partial charge in [-0.25, -0.2) is 34.5 Å². The zero-order valence-electron chi connectivity index (χ0n) is 58.3. The smallest absolute Gasteiger partial charge is 0.338 e. The second-order valence-electron chi connectivity index (χ2n) is 26.9. The molecule has 0 amide bonds. The van der Waals surface area contributed by atoms with E-state index in [1.54, 1.807) is 12.1 Å².